The van der Waals surface area contributed by atoms with Crippen molar-refractivity contribution in [2.75, 3.05) is 26.7 Å². The summed E-state index contributed by atoms with van der Waals surface area (Å²) < 4.78 is 5.19. The number of amides is 2. The van der Waals surface area contributed by atoms with E-state index in [-0.39, 0.29) is 18.9 Å². The molecule has 1 heterocycles. The molecular formula is C13H22N2O5. The second kappa shape index (κ2) is 6.11. The lowest BCUT2D eigenvalue weighted by Gasteiger charge is -2.26. The molecule has 1 aliphatic rings. The first-order chi connectivity index (χ1) is 9.10. The molecule has 0 saturated carbocycles. The lowest BCUT2D eigenvalue weighted by Crippen LogP contribution is -2.39. The average Bonchev–Trinajstić information content (AvgIpc) is 2.65. The third kappa shape index (κ3) is 4.71. The zero-order valence-corrected chi connectivity index (χ0v) is 12.4. The summed E-state index contributed by atoms with van der Waals surface area (Å²) in [5, 5.41) is 8.88. The molecule has 1 N–H and O–H groups in total. The van der Waals surface area contributed by atoms with Crippen LogP contribution in [0.15, 0.2) is 0 Å². The van der Waals surface area contributed by atoms with Gasteiger partial charge in [0.2, 0.25) is 5.91 Å². The van der Waals surface area contributed by atoms with Crippen LogP contribution in [0.4, 0.5) is 4.79 Å². The Kier molecular flexibility index (Phi) is 4.97. The van der Waals surface area contributed by atoms with Crippen LogP contribution >= 0.6 is 0 Å². The predicted octanol–water partition coefficient (Wildman–Crippen LogP) is 0.786. The first-order valence-electron chi connectivity index (χ1n) is 6.55. The minimum atomic E-state index is -0.957. The van der Waals surface area contributed by atoms with Gasteiger partial charge in [0.15, 0.2) is 0 Å². The lowest BCUT2D eigenvalue weighted by molar-refractivity contribution is -0.141. The summed E-state index contributed by atoms with van der Waals surface area (Å²) >= 11 is 0. The molecule has 2 amide bonds. The van der Waals surface area contributed by atoms with Gasteiger partial charge >= 0.3 is 12.1 Å². The zero-order valence-electron chi connectivity index (χ0n) is 12.4. The highest BCUT2D eigenvalue weighted by molar-refractivity contribution is 5.86. The molecule has 20 heavy (non-hydrogen) atoms. The molecular weight excluding hydrogens is 264 g/mol. The zero-order chi connectivity index (χ0) is 15.5. The molecule has 1 fully saturated rings. The number of hydrogen-bond acceptors (Lipinski definition) is 4. The molecule has 0 radical (unpaired) electrons. The number of likely N-dealkylation sites (tertiary alicyclic amines) is 1. The van der Waals surface area contributed by atoms with E-state index < -0.39 is 23.6 Å². The van der Waals surface area contributed by atoms with Crippen LogP contribution in [0.5, 0.6) is 0 Å². The van der Waals surface area contributed by atoms with Gasteiger partial charge in [-0.05, 0) is 20.8 Å². The SMILES string of the molecule is CN(CCN1CC(C(=O)O)CC1=O)C(=O)OC(C)(C)C. The maximum Gasteiger partial charge on any atom is 0.410 e. The van der Waals surface area contributed by atoms with Crippen LogP contribution in [0, 0.1) is 5.92 Å². The standard InChI is InChI=1S/C13H22N2O5/c1-13(2,3)20-12(19)14(4)5-6-15-8-9(11(17)18)7-10(15)16/h9H,5-8H2,1-4H3,(H,17,18). The fraction of sp³-hybridized carbons (Fsp3) is 0.769. The molecule has 7 nitrogen and oxygen atoms in total. The average molecular weight is 286 g/mol. The van der Waals surface area contributed by atoms with Crippen LogP contribution in [0.25, 0.3) is 0 Å². The number of hydrogen-bond donors (Lipinski definition) is 1. The van der Waals surface area contributed by atoms with Gasteiger partial charge in [-0.1, -0.05) is 0 Å². The number of aliphatic carboxylic acids is 1. The number of likely N-dealkylation sites (N-methyl/N-ethyl adjacent to an activating group) is 1. The summed E-state index contributed by atoms with van der Waals surface area (Å²) in [6, 6.07) is 0. The predicted molar refractivity (Wildman–Crippen MR) is 71.2 cm³/mol. The molecule has 1 saturated heterocycles. The van der Waals surface area contributed by atoms with E-state index in [4.69, 9.17) is 9.84 Å². The van der Waals surface area contributed by atoms with Crippen molar-refractivity contribution in [3.63, 3.8) is 0 Å². The molecule has 0 aromatic rings. The minimum Gasteiger partial charge on any atom is -0.481 e. The smallest absolute Gasteiger partial charge is 0.410 e. The largest absolute Gasteiger partial charge is 0.481 e. The van der Waals surface area contributed by atoms with Crippen molar-refractivity contribution in [2.24, 2.45) is 5.92 Å². The quantitative estimate of drug-likeness (QED) is 0.825. The second-order valence-electron chi connectivity index (χ2n) is 5.98. The van der Waals surface area contributed by atoms with E-state index in [2.05, 4.69) is 0 Å². The third-order valence-corrected chi connectivity index (χ3v) is 2.97. The summed E-state index contributed by atoms with van der Waals surface area (Å²) in [7, 11) is 1.59. The summed E-state index contributed by atoms with van der Waals surface area (Å²) in [5.74, 6) is -1.79. The molecule has 0 aliphatic carbocycles. The summed E-state index contributed by atoms with van der Waals surface area (Å²) in [5.41, 5.74) is -0.566. The van der Waals surface area contributed by atoms with Crippen LogP contribution in [-0.4, -0.2) is 65.2 Å². The number of rotatable bonds is 4. The van der Waals surface area contributed by atoms with E-state index in [1.54, 1.807) is 27.8 Å². The number of ether oxygens (including phenoxy) is 1. The Balaban J connectivity index is 2.42. The van der Waals surface area contributed by atoms with Crippen molar-refractivity contribution in [2.45, 2.75) is 32.8 Å². The topological polar surface area (TPSA) is 87.2 Å². The van der Waals surface area contributed by atoms with E-state index in [9.17, 15) is 14.4 Å². The van der Waals surface area contributed by atoms with Crippen LogP contribution in [0.3, 0.4) is 0 Å². The Labute approximate surface area is 118 Å². The van der Waals surface area contributed by atoms with Gasteiger partial charge in [-0.15, -0.1) is 0 Å². The van der Waals surface area contributed by atoms with Gasteiger partial charge < -0.3 is 19.6 Å². The Morgan fingerprint density at radius 2 is 2.05 bits per heavy atom. The number of nitrogens with zero attached hydrogens (tertiary/aromatic N) is 2. The first-order valence-corrected chi connectivity index (χ1v) is 6.55. The van der Waals surface area contributed by atoms with Crippen LogP contribution in [-0.2, 0) is 14.3 Å². The monoisotopic (exact) mass is 286 g/mol. The van der Waals surface area contributed by atoms with Gasteiger partial charge in [0.1, 0.15) is 5.60 Å². The molecule has 0 aromatic heterocycles. The highest BCUT2D eigenvalue weighted by atomic mass is 16.6. The molecule has 0 spiro atoms. The van der Waals surface area contributed by atoms with Gasteiger partial charge in [-0.25, -0.2) is 4.79 Å². The van der Waals surface area contributed by atoms with E-state index in [0.717, 1.165) is 0 Å². The minimum absolute atomic E-state index is 0.0332. The normalized spacial score (nSPS) is 19.1. The Bertz CT molecular complexity index is 402. The van der Waals surface area contributed by atoms with Gasteiger partial charge in [-0.3, -0.25) is 9.59 Å². The van der Waals surface area contributed by atoms with Gasteiger partial charge in [0.25, 0.3) is 0 Å². The molecule has 0 bridgehead atoms. The van der Waals surface area contributed by atoms with Crippen molar-refractivity contribution in [1.29, 1.82) is 0 Å². The Hall–Kier alpha value is -1.79. The Morgan fingerprint density at radius 1 is 1.45 bits per heavy atom. The first kappa shape index (κ1) is 16.3. The van der Waals surface area contributed by atoms with E-state index >= 15 is 0 Å². The highest BCUT2D eigenvalue weighted by Gasteiger charge is 2.34. The number of carbonyl (C=O) groups excluding carboxylic acids is 2. The van der Waals surface area contributed by atoms with Gasteiger partial charge in [-0.2, -0.15) is 0 Å². The maximum absolute atomic E-state index is 11.7. The fourth-order valence-corrected chi connectivity index (χ4v) is 1.86. The number of carboxylic acid groups (broad SMARTS) is 1. The fourth-order valence-electron chi connectivity index (χ4n) is 1.86. The van der Waals surface area contributed by atoms with Gasteiger partial charge in [0.05, 0.1) is 5.92 Å². The van der Waals surface area contributed by atoms with Crippen LogP contribution in [0.2, 0.25) is 0 Å². The highest BCUT2D eigenvalue weighted by Crippen LogP contribution is 2.17. The Morgan fingerprint density at radius 3 is 2.50 bits per heavy atom. The van der Waals surface area contributed by atoms with E-state index in [1.807, 2.05) is 0 Å². The van der Waals surface area contributed by atoms with Crippen molar-refractivity contribution >= 4 is 18.0 Å². The molecule has 1 rings (SSSR count). The molecule has 1 atom stereocenters. The van der Waals surface area contributed by atoms with E-state index in [1.165, 1.54) is 9.80 Å². The maximum atomic E-state index is 11.7. The van der Waals surface area contributed by atoms with Gasteiger partial charge in [0, 0.05) is 33.1 Å². The third-order valence-electron chi connectivity index (χ3n) is 2.97. The second-order valence-corrected chi connectivity index (χ2v) is 5.98. The summed E-state index contributed by atoms with van der Waals surface area (Å²) in [6.07, 6.45) is -0.426. The molecule has 1 unspecified atom stereocenters. The van der Waals surface area contributed by atoms with Crippen molar-refractivity contribution in [3.05, 3.63) is 0 Å². The molecule has 0 aromatic carbocycles. The molecule has 1 aliphatic heterocycles. The molecule has 114 valence electrons. The van der Waals surface area contributed by atoms with Crippen molar-refractivity contribution < 1.29 is 24.2 Å². The molecule has 7 heteroatoms. The van der Waals surface area contributed by atoms with Crippen LogP contribution < -0.4 is 0 Å². The van der Waals surface area contributed by atoms with Crippen molar-refractivity contribution in [1.82, 2.24) is 9.80 Å². The van der Waals surface area contributed by atoms with Crippen LogP contribution in [0.1, 0.15) is 27.2 Å². The summed E-state index contributed by atoms with van der Waals surface area (Å²) in [4.78, 5) is 37.0. The van der Waals surface area contributed by atoms with Crippen molar-refractivity contribution in [3.8, 4) is 0 Å². The number of carbonyl (C=O) groups is 3. The number of carboxylic acids is 1. The van der Waals surface area contributed by atoms with E-state index in [0.29, 0.717) is 13.1 Å². The lowest BCUT2D eigenvalue weighted by atomic mass is 10.1. The summed E-state index contributed by atoms with van der Waals surface area (Å²) in [6.45, 7) is 6.17.